The number of nitrogens with one attached hydrogen (secondary N) is 3. The van der Waals surface area contributed by atoms with Gasteiger partial charge in [-0.1, -0.05) is 19.3 Å². The summed E-state index contributed by atoms with van der Waals surface area (Å²) < 4.78 is 0. The molecule has 0 saturated heterocycles. The van der Waals surface area contributed by atoms with Crippen molar-refractivity contribution in [3.8, 4) is 0 Å². The number of carbonyl (C=O) groups excluding carboxylic acids is 2. The van der Waals surface area contributed by atoms with Crippen LogP contribution in [0.15, 0.2) is 4.99 Å². The number of aliphatic imine (C=N–C) groups is 1. The minimum absolute atomic E-state index is 0.134. The van der Waals surface area contributed by atoms with Crippen molar-refractivity contribution < 1.29 is 9.59 Å². The summed E-state index contributed by atoms with van der Waals surface area (Å²) in [6.07, 6.45) is 6.04. The Balaban J connectivity index is 2.28. The summed E-state index contributed by atoms with van der Waals surface area (Å²) in [5.74, 6) is 1.19. The third-order valence-corrected chi connectivity index (χ3v) is 4.75. The van der Waals surface area contributed by atoms with Crippen LogP contribution in [0.4, 0.5) is 0 Å². The van der Waals surface area contributed by atoms with E-state index in [1.165, 1.54) is 19.3 Å². The van der Waals surface area contributed by atoms with Gasteiger partial charge in [-0.3, -0.25) is 14.6 Å². The molecule has 0 bridgehead atoms. The molecule has 2 amide bonds. The number of carbonyl (C=O) groups is 2. The highest BCUT2D eigenvalue weighted by molar-refractivity contribution is 5.81. The van der Waals surface area contributed by atoms with Gasteiger partial charge in [0.2, 0.25) is 11.8 Å². The summed E-state index contributed by atoms with van der Waals surface area (Å²) in [4.78, 5) is 30.4. The van der Waals surface area contributed by atoms with E-state index in [1.54, 1.807) is 0 Å². The SMILES string of the molecule is CCNC(=NCCC(=O)N(CC)CC)NCCNC(=O)C1CCCCC1. The molecule has 0 spiro atoms. The molecule has 7 heteroatoms. The molecule has 0 radical (unpaired) electrons. The van der Waals surface area contributed by atoms with Crippen molar-refractivity contribution in [1.82, 2.24) is 20.9 Å². The monoisotopic (exact) mass is 367 g/mol. The molecular formula is C19H37N5O2. The lowest BCUT2D eigenvalue weighted by molar-refractivity contribution is -0.130. The van der Waals surface area contributed by atoms with Crippen LogP contribution in [0.2, 0.25) is 0 Å². The number of rotatable bonds is 10. The smallest absolute Gasteiger partial charge is 0.224 e. The zero-order valence-corrected chi connectivity index (χ0v) is 16.8. The van der Waals surface area contributed by atoms with E-state index >= 15 is 0 Å². The second-order valence-corrected chi connectivity index (χ2v) is 6.63. The summed E-state index contributed by atoms with van der Waals surface area (Å²) >= 11 is 0. The topological polar surface area (TPSA) is 85.8 Å². The Hall–Kier alpha value is -1.79. The Kier molecular flexibility index (Phi) is 11.5. The van der Waals surface area contributed by atoms with E-state index in [0.29, 0.717) is 32.0 Å². The molecule has 0 unspecified atom stereocenters. The van der Waals surface area contributed by atoms with Crippen LogP contribution in [-0.2, 0) is 9.59 Å². The molecule has 0 aromatic heterocycles. The summed E-state index contributed by atoms with van der Waals surface area (Å²) in [5, 5.41) is 9.38. The highest BCUT2D eigenvalue weighted by Crippen LogP contribution is 2.23. The molecule has 1 aliphatic rings. The molecule has 0 aliphatic heterocycles. The third kappa shape index (κ3) is 8.54. The van der Waals surface area contributed by atoms with Crippen LogP contribution in [0, 0.1) is 5.92 Å². The van der Waals surface area contributed by atoms with E-state index in [2.05, 4.69) is 20.9 Å². The van der Waals surface area contributed by atoms with Gasteiger partial charge < -0.3 is 20.9 Å². The fraction of sp³-hybridized carbons (Fsp3) is 0.842. The molecule has 150 valence electrons. The van der Waals surface area contributed by atoms with Gasteiger partial charge in [-0.15, -0.1) is 0 Å². The average Bonchev–Trinajstić information content (AvgIpc) is 2.66. The van der Waals surface area contributed by atoms with Gasteiger partial charge in [0, 0.05) is 45.1 Å². The Bertz CT molecular complexity index is 443. The predicted octanol–water partition coefficient (Wildman–Crippen LogP) is 1.50. The predicted molar refractivity (Wildman–Crippen MR) is 106 cm³/mol. The second-order valence-electron chi connectivity index (χ2n) is 6.63. The van der Waals surface area contributed by atoms with Gasteiger partial charge in [-0.05, 0) is 33.6 Å². The lowest BCUT2D eigenvalue weighted by Crippen LogP contribution is -2.42. The first kappa shape index (κ1) is 22.3. The van der Waals surface area contributed by atoms with Crippen LogP contribution in [0.5, 0.6) is 0 Å². The van der Waals surface area contributed by atoms with E-state index in [1.807, 2.05) is 25.7 Å². The van der Waals surface area contributed by atoms with E-state index in [4.69, 9.17) is 0 Å². The van der Waals surface area contributed by atoms with Crippen molar-refractivity contribution in [3.05, 3.63) is 0 Å². The Morgan fingerprint density at radius 1 is 0.962 bits per heavy atom. The molecule has 0 aromatic rings. The number of amides is 2. The summed E-state index contributed by atoms with van der Waals surface area (Å²) in [7, 11) is 0. The van der Waals surface area contributed by atoms with Gasteiger partial charge in [-0.25, -0.2) is 0 Å². The first-order valence-corrected chi connectivity index (χ1v) is 10.2. The fourth-order valence-corrected chi connectivity index (χ4v) is 3.22. The number of nitrogens with zero attached hydrogens (tertiary/aromatic N) is 2. The number of guanidine groups is 1. The van der Waals surface area contributed by atoms with Crippen LogP contribution < -0.4 is 16.0 Å². The molecule has 1 rings (SSSR count). The molecule has 7 nitrogen and oxygen atoms in total. The molecular weight excluding hydrogens is 330 g/mol. The highest BCUT2D eigenvalue weighted by atomic mass is 16.2. The summed E-state index contributed by atoms with van der Waals surface area (Å²) in [6, 6.07) is 0. The zero-order chi connectivity index (χ0) is 19.2. The maximum atomic E-state index is 12.1. The van der Waals surface area contributed by atoms with Crippen molar-refractivity contribution in [1.29, 1.82) is 0 Å². The molecule has 0 heterocycles. The van der Waals surface area contributed by atoms with Crippen LogP contribution in [-0.4, -0.2) is 61.9 Å². The molecule has 1 saturated carbocycles. The lowest BCUT2D eigenvalue weighted by Gasteiger charge is -2.21. The van der Waals surface area contributed by atoms with Crippen molar-refractivity contribution >= 4 is 17.8 Å². The largest absolute Gasteiger partial charge is 0.357 e. The Morgan fingerprint density at radius 3 is 2.23 bits per heavy atom. The van der Waals surface area contributed by atoms with Gasteiger partial charge in [0.1, 0.15) is 0 Å². The number of hydrogen-bond acceptors (Lipinski definition) is 3. The van der Waals surface area contributed by atoms with Crippen LogP contribution >= 0.6 is 0 Å². The maximum absolute atomic E-state index is 12.1. The second kappa shape index (κ2) is 13.4. The normalized spacial score (nSPS) is 15.4. The quantitative estimate of drug-likeness (QED) is 0.310. The van der Waals surface area contributed by atoms with Gasteiger partial charge in [0.25, 0.3) is 0 Å². The van der Waals surface area contributed by atoms with Gasteiger partial charge in [0.15, 0.2) is 5.96 Å². The first-order valence-electron chi connectivity index (χ1n) is 10.2. The average molecular weight is 368 g/mol. The van der Waals surface area contributed by atoms with Crippen molar-refractivity contribution in [2.45, 2.75) is 59.3 Å². The lowest BCUT2D eigenvalue weighted by atomic mass is 9.89. The van der Waals surface area contributed by atoms with Gasteiger partial charge in [0.05, 0.1) is 6.54 Å². The van der Waals surface area contributed by atoms with Crippen molar-refractivity contribution in [3.63, 3.8) is 0 Å². The molecule has 0 atom stereocenters. The van der Waals surface area contributed by atoms with Gasteiger partial charge >= 0.3 is 0 Å². The standard InChI is InChI=1S/C19H37N5O2/c1-4-20-19(22-13-12-17(25)24(5-2)6-3)23-15-14-21-18(26)16-10-8-7-9-11-16/h16H,4-15H2,1-3H3,(H,21,26)(H2,20,22,23). The maximum Gasteiger partial charge on any atom is 0.224 e. The van der Waals surface area contributed by atoms with Crippen LogP contribution in [0.25, 0.3) is 0 Å². The first-order chi connectivity index (χ1) is 12.6. The van der Waals surface area contributed by atoms with E-state index in [9.17, 15) is 9.59 Å². The fourth-order valence-electron chi connectivity index (χ4n) is 3.22. The third-order valence-electron chi connectivity index (χ3n) is 4.75. The molecule has 1 aliphatic carbocycles. The van der Waals surface area contributed by atoms with Gasteiger partial charge in [-0.2, -0.15) is 0 Å². The summed E-state index contributed by atoms with van der Waals surface area (Å²) in [5.41, 5.74) is 0. The van der Waals surface area contributed by atoms with E-state index in [-0.39, 0.29) is 17.7 Å². The Morgan fingerprint density at radius 2 is 1.62 bits per heavy atom. The minimum Gasteiger partial charge on any atom is -0.357 e. The van der Waals surface area contributed by atoms with Crippen molar-refractivity contribution in [2.75, 3.05) is 39.3 Å². The molecule has 3 N–H and O–H groups in total. The highest BCUT2D eigenvalue weighted by Gasteiger charge is 2.20. The van der Waals surface area contributed by atoms with E-state index < -0.39 is 0 Å². The summed E-state index contributed by atoms with van der Waals surface area (Å²) in [6.45, 7) is 9.85. The minimum atomic E-state index is 0.134. The zero-order valence-electron chi connectivity index (χ0n) is 16.8. The molecule has 0 aromatic carbocycles. The van der Waals surface area contributed by atoms with Crippen LogP contribution in [0.1, 0.15) is 59.3 Å². The Labute approximate surface area is 158 Å². The van der Waals surface area contributed by atoms with E-state index in [0.717, 1.165) is 32.5 Å². The van der Waals surface area contributed by atoms with Crippen LogP contribution in [0.3, 0.4) is 0 Å². The van der Waals surface area contributed by atoms with Crippen molar-refractivity contribution in [2.24, 2.45) is 10.9 Å². The molecule has 1 fully saturated rings. The number of hydrogen-bond donors (Lipinski definition) is 3. The molecule has 26 heavy (non-hydrogen) atoms.